The molecule has 0 fully saturated rings. The van der Waals surface area contributed by atoms with Crippen LogP contribution in [0, 0.1) is 0 Å². The third kappa shape index (κ3) is 6.41. The second-order valence-electron chi connectivity index (χ2n) is 6.25. The molecule has 1 amide bonds. The van der Waals surface area contributed by atoms with E-state index >= 15 is 0 Å². The maximum Gasteiger partial charge on any atom is 0.221 e. The standard InChI is InChI=1S/C20H24N4O4.HI/c1-13(25)23-16-10-14(4-6-17(16)26-2)12-22-20(21)24-15-5-7-18-19(11-15)28-9-3-8-27-18;/h4-7,10-11H,3,8-9,12H2,1-2H3,(H,23,25)(H3,21,22,24);1H. The molecule has 0 saturated heterocycles. The molecule has 29 heavy (non-hydrogen) atoms. The van der Waals surface area contributed by atoms with Crippen molar-refractivity contribution in [1.82, 2.24) is 0 Å². The second kappa shape index (κ2) is 10.7. The molecule has 1 aliphatic rings. The molecule has 0 atom stereocenters. The van der Waals surface area contributed by atoms with Crippen LogP contribution in [0.1, 0.15) is 18.9 Å². The summed E-state index contributed by atoms with van der Waals surface area (Å²) in [4.78, 5) is 15.7. The van der Waals surface area contributed by atoms with E-state index in [-0.39, 0.29) is 35.8 Å². The third-order valence-corrected chi connectivity index (χ3v) is 4.03. The molecule has 8 nitrogen and oxygen atoms in total. The Bertz CT molecular complexity index is 889. The number of ether oxygens (including phenoxy) is 3. The van der Waals surface area contributed by atoms with E-state index in [0.29, 0.717) is 36.9 Å². The van der Waals surface area contributed by atoms with Crippen LogP contribution in [0.2, 0.25) is 0 Å². The summed E-state index contributed by atoms with van der Waals surface area (Å²) in [5, 5.41) is 5.79. The number of halogens is 1. The molecule has 0 bridgehead atoms. The zero-order valence-corrected chi connectivity index (χ0v) is 18.7. The molecule has 2 aromatic carbocycles. The van der Waals surface area contributed by atoms with Gasteiger partial charge in [-0.05, 0) is 29.8 Å². The highest BCUT2D eigenvalue weighted by atomic mass is 127. The summed E-state index contributed by atoms with van der Waals surface area (Å²) in [5.74, 6) is 2.09. The molecule has 0 radical (unpaired) electrons. The van der Waals surface area contributed by atoms with Crippen molar-refractivity contribution in [3.05, 3.63) is 42.0 Å². The van der Waals surface area contributed by atoms with E-state index in [1.54, 1.807) is 13.2 Å². The molecule has 0 unspecified atom stereocenters. The van der Waals surface area contributed by atoms with E-state index in [2.05, 4.69) is 15.6 Å². The summed E-state index contributed by atoms with van der Waals surface area (Å²) >= 11 is 0. The number of aliphatic imine (C=N–C) groups is 1. The first-order valence-electron chi connectivity index (χ1n) is 8.96. The van der Waals surface area contributed by atoms with Crippen LogP contribution >= 0.6 is 24.0 Å². The Labute approximate surface area is 186 Å². The van der Waals surface area contributed by atoms with Crippen molar-refractivity contribution in [3.63, 3.8) is 0 Å². The number of nitrogens with two attached hydrogens (primary N) is 1. The van der Waals surface area contributed by atoms with E-state index in [9.17, 15) is 4.79 Å². The van der Waals surface area contributed by atoms with Crippen molar-refractivity contribution < 1.29 is 19.0 Å². The Hall–Kier alpha value is -2.69. The zero-order chi connectivity index (χ0) is 19.9. The van der Waals surface area contributed by atoms with Crippen molar-refractivity contribution >= 4 is 47.2 Å². The highest BCUT2D eigenvalue weighted by Gasteiger charge is 2.11. The fraction of sp³-hybridized carbons (Fsp3) is 0.300. The summed E-state index contributed by atoms with van der Waals surface area (Å²) in [6.07, 6.45) is 0.851. The predicted molar refractivity (Wildman–Crippen MR) is 124 cm³/mol. The maximum absolute atomic E-state index is 11.3. The van der Waals surface area contributed by atoms with Gasteiger partial charge in [0.15, 0.2) is 17.5 Å². The van der Waals surface area contributed by atoms with Gasteiger partial charge in [-0.25, -0.2) is 4.99 Å². The number of nitrogens with one attached hydrogen (secondary N) is 2. The van der Waals surface area contributed by atoms with Crippen LogP contribution in [0.3, 0.4) is 0 Å². The number of guanidine groups is 1. The number of methoxy groups -OCH3 is 1. The number of nitrogens with zero attached hydrogens (tertiary/aromatic N) is 1. The highest BCUT2D eigenvalue weighted by molar-refractivity contribution is 14.0. The molecule has 4 N–H and O–H groups in total. The summed E-state index contributed by atoms with van der Waals surface area (Å²) < 4.78 is 16.5. The van der Waals surface area contributed by atoms with Gasteiger partial charge in [-0.3, -0.25) is 4.79 Å². The van der Waals surface area contributed by atoms with E-state index in [1.807, 2.05) is 30.3 Å². The van der Waals surface area contributed by atoms with Gasteiger partial charge in [0.25, 0.3) is 0 Å². The zero-order valence-electron chi connectivity index (χ0n) is 16.4. The van der Waals surface area contributed by atoms with E-state index in [1.165, 1.54) is 6.92 Å². The van der Waals surface area contributed by atoms with Gasteiger partial charge in [0.05, 0.1) is 32.6 Å². The largest absolute Gasteiger partial charge is 0.495 e. The molecule has 0 aliphatic carbocycles. The van der Waals surface area contributed by atoms with Crippen LogP contribution in [0.4, 0.5) is 11.4 Å². The summed E-state index contributed by atoms with van der Waals surface area (Å²) in [6, 6.07) is 11.0. The lowest BCUT2D eigenvalue weighted by Gasteiger charge is -2.12. The van der Waals surface area contributed by atoms with Crippen molar-refractivity contribution in [2.45, 2.75) is 19.9 Å². The second-order valence-corrected chi connectivity index (χ2v) is 6.25. The normalized spacial score (nSPS) is 13.0. The van der Waals surface area contributed by atoms with Crippen LogP contribution in [0.25, 0.3) is 0 Å². The summed E-state index contributed by atoms with van der Waals surface area (Å²) in [5.41, 5.74) is 8.25. The SMILES string of the molecule is COc1ccc(CN=C(N)Nc2ccc3c(c2)OCCCO3)cc1NC(C)=O.I. The molecular weight excluding hydrogens is 487 g/mol. The summed E-state index contributed by atoms with van der Waals surface area (Å²) in [7, 11) is 1.55. The minimum atomic E-state index is -0.172. The molecule has 9 heteroatoms. The molecule has 156 valence electrons. The number of anilines is 2. The van der Waals surface area contributed by atoms with Gasteiger partial charge in [0, 0.05) is 25.1 Å². The van der Waals surface area contributed by atoms with Crippen LogP contribution < -0.4 is 30.6 Å². The molecule has 0 spiro atoms. The van der Waals surface area contributed by atoms with Gasteiger partial charge in [0.1, 0.15) is 5.75 Å². The smallest absolute Gasteiger partial charge is 0.221 e. The lowest BCUT2D eigenvalue weighted by molar-refractivity contribution is -0.114. The number of carbonyl (C=O) groups excluding carboxylic acids is 1. The van der Waals surface area contributed by atoms with Crippen LogP contribution in [0.5, 0.6) is 17.2 Å². The fourth-order valence-corrected chi connectivity index (χ4v) is 2.75. The number of fused-ring (bicyclic) bond motifs is 1. The van der Waals surface area contributed by atoms with Crippen molar-refractivity contribution in [1.29, 1.82) is 0 Å². The van der Waals surface area contributed by atoms with Crippen molar-refractivity contribution in [3.8, 4) is 17.2 Å². The number of amides is 1. The van der Waals surface area contributed by atoms with E-state index < -0.39 is 0 Å². The Kier molecular flexibility index (Phi) is 8.37. The Morgan fingerprint density at radius 2 is 1.90 bits per heavy atom. The van der Waals surface area contributed by atoms with Gasteiger partial charge >= 0.3 is 0 Å². The molecule has 0 aromatic heterocycles. The number of hydrogen-bond acceptors (Lipinski definition) is 5. The average molecular weight is 512 g/mol. The minimum absolute atomic E-state index is 0. The first-order chi connectivity index (χ1) is 13.5. The highest BCUT2D eigenvalue weighted by Crippen LogP contribution is 2.32. The molecule has 1 aliphatic heterocycles. The van der Waals surface area contributed by atoms with Crippen LogP contribution in [-0.4, -0.2) is 32.2 Å². The molecular formula is C20H25IN4O4. The molecule has 0 saturated carbocycles. The van der Waals surface area contributed by atoms with Gasteiger partial charge in [-0.1, -0.05) is 6.07 Å². The molecule has 3 rings (SSSR count). The quantitative estimate of drug-likeness (QED) is 0.322. The number of rotatable bonds is 5. The van der Waals surface area contributed by atoms with Gasteiger partial charge in [-0.2, -0.15) is 0 Å². The van der Waals surface area contributed by atoms with Crippen LogP contribution in [-0.2, 0) is 11.3 Å². The lowest BCUT2D eigenvalue weighted by Crippen LogP contribution is -2.22. The Balaban J connectivity index is 0.00000300. The van der Waals surface area contributed by atoms with Crippen molar-refractivity contribution in [2.75, 3.05) is 31.0 Å². The van der Waals surface area contributed by atoms with Gasteiger partial charge < -0.3 is 30.6 Å². The monoisotopic (exact) mass is 512 g/mol. The Morgan fingerprint density at radius 1 is 1.14 bits per heavy atom. The van der Waals surface area contributed by atoms with Gasteiger partial charge in [-0.15, -0.1) is 24.0 Å². The first-order valence-corrected chi connectivity index (χ1v) is 8.96. The predicted octanol–water partition coefficient (Wildman–Crippen LogP) is 3.36. The number of benzene rings is 2. The fourth-order valence-electron chi connectivity index (χ4n) is 2.75. The Morgan fingerprint density at radius 3 is 2.62 bits per heavy atom. The number of carbonyl (C=O) groups is 1. The first kappa shape index (κ1) is 22.6. The van der Waals surface area contributed by atoms with Gasteiger partial charge in [0.2, 0.25) is 5.91 Å². The maximum atomic E-state index is 11.3. The number of hydrogen-bond donors (Lipinski definition) is 3. The molecule has 1 heterocycles. The average Bonchev–Trinajstić information content (AvgIpc) is 2.91. The topological polar surface area (TPSA) is 107 Å². The molecule has 2 aromatic rings. The van der Waals surface area contributed by atoms with Crippen LogP contribution in [0.15, 0.2) is 41.4 Å². The van der Waals surface area contributed by atoms with Crippen molar-refractivity contribution in [2.24, 2.45) is 10.7 Å². The van der Waals surface area contributed by atoms with E-state index in [0.717, 1.165) is 23.4 Å². The third-order valence-electron chi connectivity index (χ3n) is 4.03. The van der Waals surface area contributed by atoms with E-state index in [4.69, 9.17) is 19.9 Å². The summed E-state index contributed by atoms with van der Waals surface area (Å²) in [6.45, 7) is 3.06. The minimum Gasteiger partial charge on any atom is -0.495 e. The lowest BCUT2D eigenvalue weighted by atomic mass is 10.2.